The lowest BCUT2D eigenvalue weighted by Gasteiger charge is -2.20. The Balaban J connectivity index is 1.64. The van der Waals surface area contributed by atoms with Crippen LogP contribution in [0.4, 0.5) is 0 Å². The van der Waals surface area contributed by atoms with Crippen molar-refractivity contribution >= 4 is 0 Å². The first-order chi connectivity index (χ1) is 9.43. The fourth-order valence-electron chi connectivity index (χ4n) is 2.63. The monoisotopic (exact) mass is 253 g/mol. The van der Waals surface area contributed by atoms with E-state index in [0.717, 1.165) is 13.0 Å². The van der Waals surface area contributed by atoms with Crippen molar-refractivity contribution < 1.29 is 4.74 Å². The van der Waals surface area contributed by atoms with Gasteiger partial charge in [-0.2, -0.15) is 0 Å². The number of ether oxygens (including phenoxy) is 1. The van der Waals surface area contributed by atoms with Crippen LogP contribution in [0.1, 0.15) is 23.6 Å². The van der Waals surface area contributed by atoms with Gasteiger partial charge in [0.25, 0.3) is 0 Å². The largest absolute Gasteiger partial charge is 0.372 e. The van der Waals surface area contributed by atoms with E-state index in [1.54, 1.807) is 0 Å². The molecule has 0 saturated carbocycles. The molecule has 0 aliphatic carbocycles. The zero-order valence-electron chi connectivity index (χ0n) is 11.0. The second-order valence-corrected chi connectivity index (χ2v) is 4.97. The zero-order chi connectivity index (χ0) is 12.9. The second-order valence-electron chi connectivity index (χ2n) is 4.97. The molecule has 19 heavy (non-hydrogen) atoms. The summed E-state index contributed by atoms with van der Waals surface area (Å²) in [4.78, 5) is 0. The third-order valence-corrected chi connectivity index (χ3v) is 3.63. The molecule has 0 aromatic heterocycles. The fraction of sp³-hybridized carbons (Fsp3) is 0.294. The predicted molar refractivity (Wildman–Crippen MR) is 76.8 cm³/mol. The highest BCUT2D eigenvalue weighted by atomic mass is 16.5. The maximum absolute atomic E-state index is 6.09. The van der Waals surface area contributed by atoms with Gasteiger partial charge in [-0.1, -0.05) is 60.7 Å². The molecule has 1 heterocycles. The zero-order valence-corrected chi connectivity index (χ0v) is 11.0. The maximum Gasteiger partial charge on any atom is 0.0786 e. The molecule has 0 spiro atoms. The average Bonchev–Trinajstić information content (AvgIpc) is 2.95. The van der Waals surface area contributed by atoms with Crippen molar-refractivity contribution in [2.24, 2.45) is 0 Å². The molecule has 2 aromatic carbocycles. The second kappa shape index (κ2) is 6.00. The van der Waals surface area contributed by atoms with Crippen molar-refractivity contribution in [2.75, 3.05) is 6.54 Å². The molecule has 1 N–H and O–H groups in total. The van der Waals surface area contributed by atoms with Gasteiger partial charge in [0.2, 0.25) is 0 Å². The van der Waals surface area contributed by atoms with Gasteiger partial charge < -0.3 is 10.1 Å². The van der Waals surface area contributed by atoms with Crippen LogP contribution in [0.2, 0.25) is 0 Å². The Labute approximate surface area is 114 Å². The minimum absolute atomic E-state index is 0.266. The van der Waals surface area contributed by atoms with E-state index in [1.165, 1.54) is 11.1 Å². The summed E-state index contributed by atoms with van der Waals surface area (Å²) in [6, 6.07) is 21.3. The first-order valence-electron chi connectivity index (χ1n) is 6.87. The highest BCUT2D eigenvalue weighted by Gasteiger charge is 2.28. The summed E-state index contributed by atoms with van der Waals surface area (Å²) in [5.74, 6) is 0. The third kappa shape index (κ3) is 3.03. The van der Waals surface area contributed by atoms with Crippen LogP contribution in [0.15, 0.2) is 60.7 Å². The van der Waals surface area contributed by atoms with Gasteiger partial charge in [-0.3, -0.25) is 0 Å². The Hall–Kier alpha value is -1.64. The van der Waals surface area contributed by atoms with E-state index >= 15 is 0 Å². The van der Waals surface area contributed by atoms with Gasteiger partial charge in [-0.25, -0.2) is 0 Å². The van der Waals surface area contributed by atoms with Crippen LogP contribution in [-0.2, 0) is 11.3 Å². The van der Waals surface area contributed by atoms with Crippen LogP contribution >= 0.6 is 0 Å². The number of hydrogen-bond donors (Lipinski definition) is 1. The SMILES string of the molecule is c1ccc(COC2CCNC2c2ccccc2)cc1. The van der Waals surface area contributed by atoms with E-state index in [4.69, 9.17) is 4.74 Å². The molecular formula is C17H19NO. The lowest BCUT2D eigenvalue weighted by atomic mass is 10.0. The molecule has 1 aliphatic rings. The lowest BCUT2D eigenvalue weighted by molar-refractivity contribution is 0.0324. The van der Waals surface area contributed by atoms with Crippen LogP contribution in [0.3, 0.4) is 0 Å². The third-order valence-electron chi connectivity index (χ3n) is 3.63. The molecule has 2 atom stereocenters. The van der Waals surface area contributed by atoms with Crippen molar-refractivity contribution in [3.05, 3.63) is 71.8 Å². The van der Waals surface area contributed by atoms with Gasteiger partial charge in [0, 0.05) is 0 Å². The van der Waals surface area contributed by atoms with Crippen molar-refractivity contribution in [1.29, 1.82) is 0 Å². The van der Waals surface area contributed by atoms with Crippen molar-refractivity contribution in [3.63, 3.8) is 0 Å². The average molecular weight is 253 g/mol. The van der Waals surface area contributed by atoms with Crippen molar-refractivity contribution in [2.45, 2.75) is 25.2 Å². The molecule has 98 valence electrons. The molecule has 1 aliphatic heterocycles. The number of benzene rings is 2. The number of hydrogen-bond acceptors (Lipinski definition) is 2. The van der Waals surface area contributed by atoms with E-state index < -0.39 is 0 Å². The first-order valence-corrected chi connectivity index (χ1v) is 6.87. The predicted octanol–water partition coefficient (Wildman–Crippen LogP) is 3.31. The van der Waals surface area contributed by atoms with E-state index in [2.05, 4.69) is 59.9 Å². The smallest absolute Gasteiger partial charge is 0.0786 e. The highest BCUT2D eigenvalue weighted by Crippen LogP contribution is 2.26. The van der Waals surface area contributed by atoms with E-state index in [0.29, 0.717) is 12.6 Å². The minimum Gasteiger partial charge on any atom is -0.372 e. The Kier molecular flexibility index (Phi) is 3.92. The molecule has 2 nitrogen and oxygen atoms in total. The molecule has 0 radical (unpaired) electrons. The molecule has 1 fully saturated rings. The molecule has 2 aromatic rings. The molecule has 1 saturated heterocycles. The number of nitrogens with one attached hydrogen (secondary N) is 1. The summed E-state index contributed by atoms with van der Waals surface area (Å²) in [6.45, 7) is 1.72. The summed E-state index contributed by atoms with van der Waals surface area (Å²) in [5.41, 5.74) is 2.55. The summed E-state index contributed by atoms with van der Waals surface area (Å²) < 4.78 is 6.09. The van der Waals surface area contributed by atoms with Gasteiger partial charge in [0.05, 0.1) is 18.8 Å². The Bertz CT molecular complexity index is 497. The molecule has 0 amide bonds. The van der Waals surface area contributed by atoms with Crippen LogP contribution in [0, 0.1) is 0 Å². The topological polar surface area (TPSA) is 21.3 Å². The van der Waals surface area contributed by atoms with Gasteiger partial charge in [-0.15, -0.1) is 0 Å². The number of rotatable bonds is 4. The summed E-state index contributed by atoms with van der Waals surface area (Å²) in [7, 11) is 0. The van der Waals surface area contributed by atoms with Crippen LogP contribution in [0.5, 0.6) is 0 Å². The molecule has 2 heteroatoms. The van der Waals surface area contributed by atoms with Crippen LogP contribution in [0.25, 0.3) is 0 Å². The van der Waals surface area contributed by atoms with Gasteiger partial charge in [0.15, 0.2) is 0 Å². The van der Waals surface area contributed by atoms with Crippen LogP contribution < -0.4 is 5.32 Å². The fourth-order valence-corrected chi connectivity index (χ4v) is 2.63. The normalized spacial score (nSPS) is 22.5. The van der Waals surface area contributed by atoms with Gasteiger partial charge in [0.1, 0.15) is 0 Å². The lowest BCUT2D eigenvalue weighted by Crippen LogP contribution is -2.23. The quantitative estimate of drug-likeness (QED) is 0.902. The van der Waals surface area contributed by atoms with Gasteiger partial charge >= 0.3 is 0 Å². The minimum atomic E-state index is 0.266. The Morgan fingerprint density at radius 1 is 0.947 bits per heavy atom. The van der Waals surface area contributed by atoms with Crippen LogP contribution in [-0.4, -0.2) is 12.6 Å². The molecular weight excluding hydrogens is 234 g/mol. The summed E-state index contributed by atoms with van der Waals surface area (Å²) in [5, 5.41) is 3.53. The molecule has 0 bridgehead atoms. The molecule has 3 rings (SSSR count). The summed E-state index contributed by atoms with van der Waals surface area (Å²) in [6.07, 6.45) is 1.34. The first kappa shape index (κ1) is 12.4. The standard InChI is InChI=1S/C17H19NO/c1-3-7-14(8-4-1)13-19-16-11-12-18-17(16)15-9-5-2-6-10-15/h1-10,16-18H,11-13H2. The highest BCUT2D eigenvalue weighted by molar-refractivity contribution is 5.21. The molecule has 2 unspecified atom stereocenters. The van der Waals surface area contributed by atoms with Crippen molar-refractivity contribution in [1.82, 2.24) is 5.32 Å². The summed E-state index contributed by atoms with van der Waals surface area (Å²) >= 11 is 0. The van der Waals surface area contributed by atoms with Gasteiger partial charge in [-0.05, 0) is 24.1 Å². The maximum atomic E-state index is 6.09. The van der Waals surface area contributed by atoms with E-state index in [9.17, 15) is 0 Å². The van der Waals surface area contributed by atoms with Crippen molar-refractivity contribution in [3.8, 4) is 0 Å². The van der Waals surface area contributed by atoms with E-state index in [1.807, 2.05) is 6.07 Å². The Morgan fingerprint density at radius 2 is 1.63 bits per heavy atom. The Morgan fingerprint density at radius 3 is 2.37 bits per heavy atom. The van der Waals surface area contributed by atoms with E-state index in [-0.39, 0.29) is 6.10 Å².